The SMILES string of the molecule is COc1ccc(N)cc1CNC(=O)c1ccoc1Br. The van der Waals surface area contributed by atoms with Gasteiger partial charge in [0.1, 0.15) is 5.75 Å². The van der Waals surface area contributed by atoms with Crippen LogP contribution in [0.2, 0.25) is 0 Å². The number of hydrogen-bond acceptors (Lipinski definition) is 4. The Bertz CT molecular complexity index is 595. The lowest BCUT2D eigenvalue weighted by atomic mass is 10.1. The van der Waals surface area contributed by atoms with E-state index in [4.69, 9.17) is 14.9 Å². The summed E-state index contributed by atoms with van der Waals surface area (Å²) in [5, 5.41) is 2.78. The predicted octanol–water partition coefficient (Wildman–Crippen LogP) is 2.56. The average Bonchev–Trinajstić information content (AvgIpc) is 2.82. The first-order chi connectivity index (χ1) is 9.11. The van der Waals surface area contributed by atoms with Crippen molar-refractivity contribution in [3.8, 4) is 5.75 Å². The Morgan fingerprint density at radius 3 is 2.89 bits per heavy atom. The van der Waals surface area contributed by atoms with Gasteiger partial charge < -0.3 is 20.2 Å². The van der Waals surface area contributed by atoms with Crippen molar-refractivity contribution >= 4 is 27.5 Å². The van der Waals surface area contributed by atoms with Gasteiger partial charge in [-0.05, 0) is 40.2 Å². The van der Waals surface area contributed by atoms with E-state index in [2.05, 4.69) is 21.2 Å². The van der Waals surface area contributed by atoms with Crippen LogP contribution in [-0.2, 0) is 6.54 Å². The second kappa shape index (κ2) is 5.79. The monoisotopic (exact) mass is 324 g/mol. The highest BCUT2D eigenvalue weighted by Gasteiger charge is 2.13. The van der Waals surface area contributed by atoms with Crippen molar-refractivity contribution in [2.45, 2.75) is 6.54 Å². The minimum absolute atomic E-state index is 0.231. The summed E-state index contributed by atoms with van der Waals surface area (Å²) >= 11 is 3.16. The molecule has 100 valence electrons. The number of nitrogens with one attached hydrogen (secondary N) is 1. The van der Waals surface area contributed by atoms with E-state index >= 15 is 0 Å². The van der Waals surface area contributed by atoms with Gasteiger partial charge in [-0.1, -0.05) is 0 Å². The van der Waals surface area contributed by atoms with Gasteiger partial charge in [0.15, 0.2) is 4.67 Å². The molecule has 0 aliphatic heterocycles. The highest BCUT2D eigenvalue weighted by atomic mass is 79.9. The summed E-state index contributed by atoms with van der Waals surface area (Å²) in [5.74, 6) is 0.450. The van der Waals surface area contributed by atoms with Crippen LogP contribution < -0.4 is 15.8 Å². The number of carbonyl (C=O) groups excluding carboxylic acids is 1. The summed E-state index contributed by atoms with van der Waals surface area (Å²) < 4.78 is 10.6. The molecule has 0 aliphatic rings. The topological polar surface area (TPSA) is 77.5 Å². The summed E-state index contributed by atoms with van der Waals surface area (Å²) in [6.07, 6.45) is 1.44. The standard InChI is InChI=1S/C13H13BrN2O3/c1-18-11-3-2-9(15)6-8(11)7-16-13(17)10-4-5-19-12(10)14/h2-6H,7,15H2,1H3,(H,16,17). The molecule has 0 radical (unpaired) electrons. The van der Waals surface area contributed by atoms with Crippen molar-refractivity contribution in [2.75, 3.05) is 12.8 Å². The maximum absolute atomic E-state index is 11.9. The predicted molar refractivity (Wildman–Crippen MR) is 75.0 cm³/mol. The van der Waals surface area contributed by atoms with Gasteiger partial charge in [-0.2, -0.15) is 0 Å². The van der Waals surface area contributed by atoms with Crippen LogP contribution >= 0.6 is 15.9 Å². The number of benzene rings is 1. The van der Waals surface area contributed by atoms with Crippen LogP contribution in [0, 0.1) is 0 Å². The quantitative estimate of drug-likeness (QED) is 0.847. The van der Waals surface area contributed by atoms with Gasteiger partial charge in [-0.25, -0.2) is 0 Å². The molecule has 6 heteroatoms. The average molecular weight is 325 g/mol. The molecule has 0 saturated carbocycles. The molecule has 0 atom stereocenters. The number of anilines is 1. The first kappa shape index (κ1) is 13.5. The fraction of sp³-hybridized carbons (Fsp3) is 0.154. The molecule has 0 bridgehead atoms. The summed E-state index contributed by atoms with van der Waals surface area (Å²) in [6.45, 7) is 0.324. The number of furan rings is 1. The zero-order valence-electron chi connectivity index (χ0n) is 10.3. The van der Waals surface area contributed by atoms with Gasteiger partial charge in [0.05, 0.1) is 18.9 Å². The molecule has 1 aromatic carbocycles. The third kappa shape index (κ3) is 3.08. The Kier molecular flexibility index (Phi) is 4.11. The fourth-order valence-corrected chi connectivity index (χ4v) is 2.08. The molecule has 0 saturated heterocycles. The molecule has 1 amide bonds. The molecule has 1 aromatic heterocycles. The minimum atomic E-state index is -0.231. The normalized spacial score (nSPS) is 10.2. The van der Waals surface area contributed by atoms with E-state index in [0.717, 1.165) is 5.56 Å². The molecular weight excluding hydrogens is 312 g/mol. The second-order valence-corrected chi connectivity index (χ2v) is 4.58. The molecule has 0 unspecified atom stereocenters. The van der Waals surface area contributed by atoms with Gasteiger partial charge in [0, 0.05) is 17.8 Å². The molecule has 0 spiro atoms. The molecule has 1 heterocycles. The van der Waals surface area contributed by atoms with E-state index in [1.54, 1.807) is 31.4 Å². The van der Waals surface area contributed by atoms with Gasteiger partial charge in [0.25, 0.3) is 5.91 Å². The summed E-state index contributed by atoms with van der Waals surface area (Å²) in [7, 11) is 1.57. The molecule has 2 aromatic rings. The van der Waals surface area contributed by atoms with E-state index in [-0.39, 0.29) is 5.91 Å². The lowest BCUT2D eigenvalue weighted by Crippen LogP contribution is -2.23. The number of hydrogen-bond donors (Lipinski definition) is 2. The molecule has 3 N–H and O–H groups in total. The molecule has 0 fully saturated rings. The number of carbonyl (C=O) groups is 1. The number of rotatable bonds is 4. The van der Waals surface area contributed by atoms with Gasteiger partial charge in [-0.3, -0.25) is 4.79 Å². The third-order valence-electron chi connectivity index (χ3n) is 2.61. The summed E-state index contributed by atoms with van der Waals surface area (Å²) in [5.41, 5.74) is 7.60. The highest BCUT2D eigenvalue weighted by molar-refractivity contribution is 9.10. The Balaban J connectivity index is 2.09. The van der Waals surface area contributed by atoms with Gasteiger partial charge in [0.2, 0.25) is 0 Å². The Hall–Kier alpha value is -1.95. The molecule has 0 aliphatic carbocycles. The van der Waals surface area contributed by atoms with E-state index in [9.17, 15) is 4.79 Å². The third-order valence-corrected chi connectivity index (χ3v) is 3.22. The number of halogens is 1. The van der Waals surface area contributed by atoms with Crippen LogP contribution in [-0.4, -0.2) is 13.0 Å². The molecule has 19 heavy (non-hydrogen) atoms. The number of methoxy groups -OCH3 is 1. The van der Waals surface area contributed by atoms with Crippen LogP contribution in [0.5, 0.6) is 5.75 Å². The second-order valence-electron chi connectivity index (χ2n) is 3.86. The molecule has 2 rings (SSSR count). The van der Waals surface area contributed by atoms with E-state index < -0.39 is 0 Å². The van der Waals surface area contributed by atoms with Crippen LogP contribution in [0.15, 0.2) is 39.6 Å². The van der Waals surface area contributed by atoms with Crippen molar-refractivity contribution in [3.05, 3.63) is 46.3 Å². The van der Waals surface area contributed by atoms with Crippen molar-refractivity contribution in [3.63, 3.8) is 0 Å². The van der Waals surface area contributed by atoms with E-state index in [1.165, 1.54) is 6.26 Å². The molecule has 5 nitrogen and oxygen atoms in total. The highest BCUT2D eigenvalue weighted by Crippen LogP contribution is 2.21. The van der Waals surface area contributed by atoms with Crippen LogP contribution in [0.25, 0.3) is 0 Å². The lowest BCUT2D eigenvalue weighted by Gasteiger charge is -2.10. The largest absolute Gasteiger partial charge is 0.496 e. The number of amides is 1. The van der Waals surface area contributed by atoms with Crippen molar-refractivity contribution < 1.29 is 13.9 Å². The van der Waals surface area contributed by atoms with Crippen molar-refractivity contribution in [1.29, 1.82) is 0 Å². The minimum Gasteiger partial charge on any atom is -0.496 e. The Morgan fingerprint density at radius 2 is 2.26 bits per heavy atom. The van der Waals surface area contributed by atoms with Crippen LogP contribution in [0.3, 0.4) is 0 Å². The van der Waals surface area contributed by atoms with Gasteiger partial charge in [-0.15, -0.1) is 0 Å². The number of ether oxygens (including phenoxy) is 1. The smallest absolute Gasteiger partial charge is 0.256 e. The maximum Gasteiger partial charge on any atom is 0.256 e. The number of nitrogen functional groups attached to an aromatic ring is 1. The first-order valence-corrected chi connectivity index (χ1v) is 6.34. The van der Waals surface area contributed by atoms with Gasteiger partial charge >= 0.3 is 0 Å². The van der Waals surface area contributed by atoms with Crippen LogP contribution in [0.4, 0.5) is 5.69 Å². The summed E-state index contributed by atoms with van der Waals surface area (Å²) in [6, 6.07) is 6.88. The Labute approximate surface area is 118 Å². The maximum atomic E-state index is 11.9. The fourth-order valence-electron chi connectivity index (χ4n) is 1.66. The Morgan fingerprint density at radius 1 is 1.47 bits per heavy atom. The van der Waals surface area contributed by atoms with Crippen LogP contribution in [0.1, 0.15) is 15.9 Å². The van der Waals surface area contributed by atoms with Crippen molar-refractivity contribution in [2.24, 2.45) is 0 Å². The number of nitrogens with two attached hydrogens (primary N) is 1. The summed E-state index contributed by atoms with van der Waals surface area (Å²) in [4.78, 5) is 11.9. The van der Waals surface area contributed by atoms with E-state index in [1.807, 2.05) is 0 Å². The zero-order chi connectivity index (χ0) is 13.8. The zero-order valence-corrected chi connectivity index (χ0v) is 11.9. The first-order valence-electron chi connectivity index (χ1n) is 5.55. The lowest BCUT2D eigenvalue weighted by molar-refractivity contribution is 0.0949. The van der Waals surface area contributed by atoms with E-state index in [0.29, 0.717) is 28.2 Å². The van der Waals surface area contributed by atoms with Crippen molar-refractivity contribution in [1.82, 2.24) is 5.32 Å². The molecular formula is C13H13BrN2O3.